The number of hydrogen-bond acceptors (Lipinski definition) is 2. The lowest BCUT2D eigenvalue weighted by molar-refractivity contribution is -0.146. The molecule has 4 heteroatoms. The van der Waals surface area contributed by atoms with E-state index in [1.807, 2.05) is 11.0 Å². The van der Waals surface area contributed by atoms with E-state index in [0.29, 0.717) is 17.9 Å². The molecule has 2 saturated carbocycles. The molecule has 4 aliphatic rings. The zero-order valence-electron chi connectivity index (χ0n) is 16.1. The van der Waals surface area contributed by atoms with Crippen molar-refractivity contribution < 1.29 is 9.59 Å². The van der Waals surface area contributed by atoms with Crippen molar-refractivity contribution in [1.82, 2.24) is 9.80 Å². The minimum absolute atomic E-state index is 0.0851. The van der Waals surface area contributed by atoms with Gasteiger partial charge in [0.2, 0.25) is 11.8 Å². The largest absolute Gasteiger partial charge is 0.341 e. The SMILES string of the molecule is O=C(C1CC2CCCCC2N1C(=O)[C@@H]1C[C@H]1c1ccccc1)N1CCCC1. The lowest BCUT2D eigenvalue weighted by Gasteiger charge is -2.35. The Balaban J connectivity index is 1.37. The van der Waals surface area contributed by atoms with Crippen LogP contribution in [-0.4, -0.2) is 46.8 Å². The van der Waals surface area contributed by atoms with Crippen LogP contribution in [0.4, 0.5) is 0 Å². The third-order valence-electron chi connectivity index (χ3n) is 7.38. The molecule has 0 spiro atoms. The predicted octanol–water partition coefficient (Wildman–Crippen LogP) is 3.57. The maximum Gasteiger partial charge on any atom is 0.245 e. The molecule has 144 valence electrons. The first-order chi connectivity index (χ1) is 13.2. The van der Waals surface area contributed by atoms with Crippen LogP contribution < -0.4 is 0 Å². The van der Waals surface area contributed by atoms with Crippen LogP contribution >= 0.6 is 0 Å². The lowest BCUT2D eigenvalue weighted by Crippen LogP contribution is -2.50. The van der Waals surface area contributed by atoms with Gasteiger partial charge < -0.3 is 9.80 Å². The van der Waals surface area contributed by atoms with E-state index in [-0.39, 0.29) is 23.8 Å². The molecular weight excluding hydrogens is 336 g/mol. The summed E-state index contributed by atoms with van der Waals surface area (Å²) in [6, 6.07) is 10.5. The first-order valence-electron chi connectivity index (χ1n) is 10.9. The van der Waals surface area contributed by atoms with Gasteiger partial charge in [0.15, 0.2) is 0 Å². The zero-order valence-corrected chi connectivity index (χ0v) is 16.1. The monoisotopic (exact) mass is 366 g/mol. The van der Waals surface area contributed by atoms with Crippen LogP contribution in [0, 0.1) is 11.8 Å². The molecule has 27 heavy (non-hydrogen) atoms. The molecule has 0 N–H and O–H groups in total. The molecule has 0 radical (unpaired) electrons. The summed E-state index contributed by atoms with van der Waals surface area (Å²) in [5.74, 6) is 1.46. The Labute approximate surface area is 161 Å². The predicted molar refractivity (Wildman–Crippen MR) is 104 cm³/mol. The van der Waals surface area contributed by atoms with E-state index in [0.717, 1.165) is 45.2 Å². The highest BCUT2D eigenvalue weighted by atomic mass is 16.2. The summed E-state index contributed by atoms with van der Waals surface area (Å²) in [6.45, 7) is 1.76. The summed E-state index contributed by atoms with van der Waals surface area (Å²) >= 11 is 0. The molecule has 2 amide bonds. The molecule has 2 saturated heterocycles. The van der Waals surface area contributed by atoms with E-state index in [4.69, 9.17) is 0 Å². The second kappa shape index (κ2) is 6.96. The Bertz CT molecular complexity index is 712. The lowest BCUT2D eigenvalue weighted by atomic mass is 9.84. The highest BCUT2D eigenvalue weighted by Gasteiger charge is 2.54. The summed E-state index contributed by atoms with van der Waals surface area (Å²) in [5.41, 5.74) is 1.28. The second-order valence-corrected chi connectivity index (χ2v) is 9.00. The van der Waals surface area contributed by atoms with Gasteiger partial charge in [0.05, 0.1) is 0 Å². The molecule has 1 aromatic rings. The molecule has 2 heterocycles. The van der Waals surface area contributed by atoms with Crippen molar-refractivity contribution in [3.8, 4) is 0 Å². The van der Waals surface area contributed by atoms with Crippen LogP contribution in [0.1, 0.15) is 62.8 Å². The van der Waals surface area contributed by atoms with Crippen LogP contribution in [-0.2, 0) is 9.59 Å². The summed E-state index contributed by atoms with van der Waals surface area (Å²) < 4.78 is 0. The summed E-state index contributed by atoms with van der Waals surface area (Å²) in [7, 11) is 0. The molecule has 5 rings (SSSR count). The van der Waals surface area contributed by atoms with Gasteiger partial charge in [0.1, 0.15) is 6.04 Å². The number of rotatable bonds is 3. The highest BCUT2D eigenvalue weighted by Crippen LogP contribution is 2.51. The second-order valence-electron chi connectivity index (χ2n) is 9.00. The van der Waals surface area contributed by atoms with Crippen molar-refractivity contribution in [2.24, 2.45) is 11.8 Å². The molecule has 4 fully saturated rings. The summed E-state index contributed by atoms with van der Waals surface area (Å²) in [5, 5.41) is 0. The molecule has 5 atom stereocenters. The average molecular weight is 367 g/mol. The number of benzene rings is 1. The highest BCUT2D eigenvalue weighted by molar-refractivity contribution is 5.91. The van der Waals surface area contributed by atoms with Gasteiger partial charge in [0, 0.05) is 25.0 Å². The molecule has 4 nitrogen and oxygen atoms in total. The number of fused-ring (bicyclic) bond motifs is 1. The Hall–Kier alpha value is -1.84. The number of likely N-dealkylation sites (tertiary alicyclic amines) is 2. The van der Waals surface area contributed by atoms with Gasteiger partial charge in [-0.2, -0.15) is 0 Å². The standard InChI is InChI=1S/C23H30N2O2/c26-22(19-15-18(19)16-8-2-1-3-9-16)25-20-11-5-4-10-17(20)14-21(25)23(27)24-12-6-7-13-24/h1-3,8-9,17-21H,4-7,10-15H2/t17?,18-,19+,20?,21?/m0/s1. The maximum atomic E-state index is 13.5. The zero-order chi connectivity index (χ0) is 18.4. The van der Waals surface area contributed by atoms with Crippen LogP contribution in [0.2, 0.25) is 0 Å². The first-order valence-corrected chi connectivity index (χ1v) is 10.9. The fraction of sp³-hybridized carbons (Fsp3) is 0.652. The number of carbonyl (C=O) groups excluding carboxylic acids is 2. The van der Waals surface area contributed by atoms with Crippen LogP contribution in [0.15, 0.2) is 30.3 Å². The van der Waals surface area contributed by atoms with E-state index < -0.39 is 0 Å². The first kappa shape index (κ1) is 17.3. The molecule has 0 bridgehead atoms. The molecular formula is C23H30N2O2. The number of nitrogens with zero attached hydrogens (tertiary/aromatic N) is 2. The van der Waals surface area contributed by atoms with Gasteiger partial charge in [-0.1, -0.05) is 43.2 Å². The summed E-state index contributed by atoms with van der Waals surface area (Å²) in [4.78, 5) is 30.9. The number of carbonyl (C=O) groups is 2. The Morgan fingerprint density at radius 3 is 2.37 bits per heavy atom. The van der Waals surface area contributed by atoms with Crippen LogP contribution in [0.25, 0.3) is 0 Å². The van der Waals surface area contributed by atoms with Crippen LogP contribution in [0.3, 0.4) is 0 Å². The number of amides is 2. The fourth-order valence-electron chi connectivity index (χ4n) is 5.87. The van der Waals surface area contributed by atoms with Crippen molar-refractivity contribution in [2.75, 3.05) is 13.1 Å². The van der Waals surface area contributed by atoms with Gasteiger partial charge in [-0.05, 0) is 55.9 Å². The topological polar surface area (TPSA) is 40.6 Å². The van der Waals surface area contributed by atoms with E-state index in [9.17, 15) is 9.59 Å². The number of hydrogen-bond donors (Lipinski definition) is 0. The molecule has 2 aliphatic carbocycles. The van der Waals surface area contributed by atoms with Crippen molar-refractivity contribution in [3.05, 3.63) is 35.9 Å². The molecule has 2 aliphatic heterocycles. The van der Waals surface area contributed by atoms with Crippen LogP contribution in [0.5, 0.6) is 0 Å². The van der Waals surface area contributed by atoms with E-state index in [2.05, 4.69) is 29.2 Å². The smallest absolute Gasteiger partial charge is 0.245 e. The van der Waals surface area contributed by atoms with Gasteiger partial charge in [-0.3, -0.25) is 9.59 Å². The average Bonchev–Trinajstić information content (AvgIpc) is 3.14. The van der Waals surface area contributed by atoms with Crippen molar-refractivity contribution in [1.29, 1.82) is 0 Å². The third-order valence-corrected chi connectivity index (χ3v) is 7.38. The van der Waals surface area contributed by atoms with Crippen molar-refractivity contribution in [2.45, 2.75) is 69.4 Å². The summed E-state index contributed by atoms with van der Waals surface area (Å²) in [6.07, 6.45) is 8.78. The molecule has 0 aromatic heterocycles. The maximum absolute atomic E-state index is 13.5. The van der Waals surface area contributed by atoms with E-state index in [1.165, 1.54) is 24.8 Å². The van der Waals surface area contributed by atoms with Gasteiger partial charge >= 0.3 is 0 Å². The molecule has 3 unspecified atom stereocenters. The fourth-order valence-corrected chi connectivity index (χ4v) is 5.87. The van der Waals surface area contributed by atoms with Crippen molar-refractivity contribution >= 4 is 11.8 Å². The van der Waals surface area contributed by atoms with Gasteiger partial charge in [-0.15, -0.1) is 0 Å². The van der Waals surface area contributed by atoms with E-state index >= 15 is 0 Å². The Kier molecular flexibility index (Phi) is 4.45. The van der Waals surface area contributed by atoms with Gasteiger partial charge in [-0.25, -0.2) is 0 Å². The molecule has 1 aromatic carbocycles. The minimum atomic E-state index is -0.194. The van der Waals surface area contributed by atoms with Gasteiger partial charge in [0.25, 0.3) is 0 Å². The normalized spacial score (nSPS) is 35.2. The van der Waals surface area contributed by atoms with E-state index in [1.54, 1.807) is 0 Å². The minimum Gasteiger partial charge on any atom is -0.341 e. The third kappa shape index (κ3) is 3.07. The van der Waals surface area contributed by atoms with Crippen molar-refractivity contribution in [3.63, 3.8) is 0 Å². The quantitative estimate of drug-likeness (QED) is 0.820. The Morgan fingerprint density at radius 1 is 0.852 bits per heavy atom. The Morgan fingerprint density at radius 2 is 1.59 bits per heavy atom.